The number of hydrogen-bond acceptors (Lipinski definition) is 4. The number of ketones is 1. The molecule has 1 amide bonds. The van der Waals surface area contributed by atoms with E-state index in [1.807, 2.05) is 55.6 Å². The molecule has 0 heterocycles. The van der Waals surface area contributed by atoms with Crippen LogP contribution in [0, 0.1) is 17.2 Å². The molecule has 1 unspecified atom stereocenters. The van der Waals surface area contributed by atoms with Crippen molar-refractivity contribution in [1.82, 2.24) is 5.32 Å². The highest BCUT2D eigenvalue weighted by molar-refractivity contribution is 6.12. The van der Waals surface area contributed by atoms with Gasteiger partial charge in [0.25, 0.3) is 0 Å². The van der Waals surface area contributed by atoms with Crippen LogP contribution in [0.25, 0.3) is 0 Å². The van der Waals surface area contributed by atoms with Crippen LogP contribution in [-0.2, 0) is 11.3 Å². The molecule has 0 bridgehead atoms. The van der Waals surface area contributed by atoms with Gasteiger partial charge in [-0.25, -0.2) is 0 Å². The Balaban J connectivity index is 2.03. The maximum absolute atomic E-state index is 12.5. The lowest BCUT2D eigenvalue weighted by Crippen LogP contribution is -2.34. The Morgan fingerprint density at radius 3 is 2.35 bits per heavy atom. The average Bonchev–Trinajstić information content (AvgIpc) is 2.68. The van der Waals surface area contributed by atoms with Crippen LogP contribution >= 0.6 is 0 Å². The van der Waals surface area contributed by atoms with Crippen molar-refractivity contribution in [2.24, 2.45) is 5.92 Å². The number of anilines is 1. The van der Waals surface area contributed by atoms with Crippen molar-refractivity contribution in [1.29, 1.82) is 5.26 Å². The second kappa shape index (κ2) is 9.38. The van der Waals surface area contributed by atoms with Gasteiger partial charge in [-0.05, 0) is 36.2 Å². The Bertz CT molecular complexity index is 779. The molecule has 2 aromatic rings. The molecule has 2 aromatic carbocycles. The monoisotopic (exact) mass is 349 g/mol. The fraction of sp³-hybridized carbons (Fsp3) is 0.286. The third kappa shape index (κ3) is 4.93. The van der Waals surface area contributed by atoms with Gasteiger partial charge in [-0.15, -0.1) is 0 Å². The molecule has 5 heteroatoms. The maximum Gasteiger partial charge on any atom is 0.245 e. The van der Waals surface area contributed by atoms with Crippen LogP contribution in [0.1, 0.15) is 29.3 Å². The minimum Gasteiger partial charge on any atom is -0.375 e. The summed E-state index contributed by atoms with van der Waals surface area (Å²) in [6.07, 6.45) is 1.02. The summed E-state index contributed by atoms with van der Waals surface area (Å²) in [5.41, 5.74) is 2.26. The van der Waals surface area contributed by atoms with Crippen molar-refractivity contribution in [2.75, 3.05) is 18.5 Å². The molecule has 1 atom stereocenters. The summed E-state index contributed by atoms with van der Waals surface area (Å²) in [5.74, 6) is -2.41. The first-order chi connectivity index (χ1) is 12.6. The van der Waals surface area contributed by atoms with E-state index in [1.165, 1.54) is 0 Å². The Morgan fingerprint density at radius 2 is 1.77 bits per heavy atom. The summed E-state index contributed by atoms with van der Waals surface area (Å²) < 4.78 is 0. The quantitative estimate of drug-likeness (QED) is 0.587. The third-order valence-electron chi connectivity index (χ3n) is 4.11. The number of nitriles is 1. The number of rotatable bonds is 8. The largest absolute Gasteiger partial charge is 0.375 e. The lowest BCUT2D eigenvalue weighted by Gasteiger charge is -2.18. The van der Waals surface area contributed by atoms with Gasteiger partial charge in [0.2, 0.25) is 5.91 Å². The van der Waals surface area contributed by atoms with E-state index < -0.39 is 17.6 Å². The normalized spacial score (nSPS) is 11.3. The van der Waals surface area contributed by atoms with E-state index in [0.29, 0.717) is 5.56 Å². The fourth-order valence-electron chi connectivity index (χ4n) is 2.63. The molecule has 0 aliphatic heterocycles. The number of nitrogens with one attached hydrogen (secondary N) is 1. The predicted octanol–water partition coefficient (Wildman–Crippen LogP) is 3.17. The number of hydrogen-bond donors (Lipinski definition) is 1. The second-order valence-corrected chi connectivity index (χ2v) is 6.10. The van der Waals surface area contributed by atoms with Gasteiger partial charge in [0.1, 0.15) is 0 Å². The molecule has 0 aliphatic rings. The Hall–Kier alpha value is -3.13. The van der Waals surface area contributed by atoms with Gasteiger partial charge < -0.3 is 10.2 Å². The summed E-state index contributed by atoms with van der Waals surface area (Å²) in [5, 5.41) is 12.0. The number of carbonyl (C=O) groups excluding carboxylic acids is 2. The smallest absolute Gasteiger partial charge is 0.245 e. The molecular weight excluding hydrogens is 326 g/mol. The molecule has 0 radical (unpaired) electrons. The third-order valence-corrected chi connectivity index (χ3v) is 4.11. The van der Waals surface area contributed by atoms with Crippen molar-refractivity contribution in [3.05, 3.63) is 65.7 Å². The van der Waals surface area contributed by atoms with Crippen LogP contribution in [0.4, 0.5) is 5.69 Å². The highest BCUT2D eigenvalue weighted by atomic mass is 16.2. The highest BCUT2D eigenvalue weighted by Crippen LogP contribution is 2.17. The first-order valence-corrected chi connectivity index (χ1v) is 8.63. The number of amides is 1. The summed E-state index contributed by atoms with van der Waals surface area (Å²) >= 11 is 0. The van der Waals surface area contributed by atoms with Crippen molar-refractivity contribution in [3.8, 4) is 6.07 Å². The summed E-state index contributed by atoms with van der Waals surface area (Å²) in [4.78, 5) is 26.9. The van der Waals surface area contributed by atoms with Crippen LogP contribution < -0.4 is 10.2 Å². The molecular formula is C21H23N3O2. The highest BCUT2D eigenvalue weighted by Gasteiger charge is 2.27. The van der Waals surface area contributed by atoms with Gasteiger partial charge in [0.15, 0.2) is 11.7 Å². The average molecular weight is 349 g/mol. The van der Waals surface area contributed by atoms with E-state index in [2.05, 4.69) is 17.1 Å². The van der Waals surface area contributed by atoms with Crippen LogP contribution in [-0.4, -0.2) is 25.3 Å². The molecule has 134 valence electrons. The van der Waals surface area contributed by atoms with E-state index in [9.17, 15) is 14.9 Å². The lowest BCUT2D eigenvalue weighted by molar-refractivity contribution is -0.122. The van der Waals surface area contributed by atoms with E-state index in [-0.39, 0.29) is 6.54 Å². The number of nitrogens with zero attached hydrogens (tertiary/aromatic N) is 2. The summed E-state index contributed by atoms with van der Waals surface area (Å²) in [6, 6.07) is 18.2. The van der Waals surface area contributed by atoms with E-state index in [4.69, 9.17) is 0 Å². The molecule has 26 heavy (non-hydrogen) atoms. The topological polar surface area (TPSA) is 73.2 Å². The standard InChI is InChI=1S/C21H23N3O2/c1-3-13-24(2)18-11-9-17(10-12-18)20(25)19(14-22)21(26)23-15-16-7-5-4-6-8-16/h4-12,19H,3,13,15H2,1-2H3,(H,23,26). The summed E-state index contributed by atoms with van der Waals surface area (Å²) in [6.45, 7) is 3.29. The fourth-order valence-corrected chi connectivity index (χ4v) is 2.63. The SMILES string of the molecule is CCCN(C)c1ccc(C(=O)C(C#N)C(=O)NCc2ccccc2)cc1. The van der Waals surface area contributed by atoms with Gasteiger partial charge in [-0.2, -0.15) is 5.26 Å². The zero-order chi connectivity index (χ0) is 18.9. The van der Waals surface area contributed by atoms with Gasteiger partial charge in [0.05, 0.1) is 6.07 Å². The number of carbonyl (C=O) groups is 2. The summed E-state index contributed by atoms with van der Waals surface area (Å²) in [7, 11) is 1.98. The van der Waals surface area contributed by atoms with Gasteiger partial charge in [0, 0.05) is 31.4 Å². The molecule has 0 spiro atoms. The number of Topliss-reactive ketones (excluding diaryl/α,β-unsaturated/α-hetero) is 1. The Morgan fingerprint density at radius 1 is 1.12 bits per heavy atom. The van der Waals surface area contributed by atoms with E-state index in [0.717, 1.165) is 24.2 Å². The minimum absolute atomic E-state index is 0.284. The molecule has 0 aromatic heterocycles. The minimum atomic E-state index is -1.35. The predicted molar refractivity (Wildman–Crippen MR) is 102 cm³/mol. The molecule has 0 saturated carbocycles. The molecule has 5 nitrogen and oxygen atoms in total. The van der Waals surface area contributed by atoms with Crippen LogP contribution in [0.2, 0.25) is 0 Å². The van der Waals surface area contributed by atoms with E-state index in [1.54, 1.807) is 12.1 Å². The molecule has 0 saturated heterocycles. The van der Waals surface area contributed by atoms with Crippen molar-refractivity contribution >= 4 is 17.4 Å². The van der Waals surface area contributed by atoms with Gasteiger partial charge in [-0.3, -0.25) is 9.59 Å². The van der Waals surface area contributed by atoms with Crippen molar-refractivity contribution < 1.29 is 9.59 Å². The van der Waals surface area contributed by atoms with Gasteiger partial charge >= 0.3 is 0 Å². The van der Waals surface area contributed by atoms with Crippen molar-refractivity contribution in [3.63, 3.8) is 0 Å². The molecule has 1 N–H and O–H groups in total. The van der Waals surface area contributed by atoms with Crippen molar-refractivity contribution in [2.45, 2.75) is 19.9 Å². The first kappa shape index (κ1) is 19.2. The Kier molecular flexibility index (Phi) is 6.92. The van der Waals surface area contributed by atoms with Gasteiger partial charge in [-0.1, -0.05) is 37.3 Å². The molecule has 0 fully saturated rings. The van der Waals surface area contributed by atoms with E-state index >= 15 is 0 Å². The van der Waals surface area contributed by atoms with Crippen LogP contribution in [0.3, 0.4) is 0 Å². The zero-order valence-corrected chi connectivity index (χ0v) is 15.1. The zero-order valence-electron chi connectivity index (χ0n) is 15.1. The lowest BCUT2D eigenvalue weighted by atomic mass is 9.97. The van der Waals surface area contributed by atoms with Crippen LogP contribution in [0.5, 0.6) is 0 Å². The number of benzene rings is 2. The molecule has 2 rings (SSSR count). The maximum atomic E-state index is 12.5. The first-order valence-electron chi connectivity index (χ1n) is 8.63. The van der Waals surface area contributed by atoms with Crippen LogP contribution in [0.15, 0.2) is 54.6 Å². The second-order valence-electron chi connectivity index (χ2n) is 6.10. The molecule has 0 aliphatic carbocycles. The Labute approximate surface area is 154 Å².